The van der Waals surface area contributed by atoms with Gasteiger partial charge in [-0.3, -0.25) is 0 Å². The minimum absolute atomic E-state index is 0.201. The zero-order valence-corrected chi connectivity index (χ0v) is 14.7. The van der Waals surface area contributed by atoms with E-state index in [4.69, 9.17) is 0 Å². The van der Waals surface area contributed by atoms with E-state index in [1.54, 1.807) is 13.8 Å². The standard InChI is InChI=1S/C14H28N4O2S/c1-7-15-12(14(4,5)21(6,19)20)8-13-16-10-17-18(13)9-11(2)3/h10-12,15H,7-9H2,1-6H3. The first kappa shape index (κ1) is 18.1. The van der Waals surface area contributed by atoms with E-state index in [-0.39, 0.29) is 6.04 Å². The number of hydrogen-bond acceptors (Lipinski definition) is 5. The molecule has 0 aliphatic heterocycles. The molecule has 0 fully saturated rings. The molecule has 0 aromatic carbocycles. The van der Waals surface area contributed by atoms with Crippen LogP contribution in [0.4, 0.5) is 0 Å². The van der Waals surface area contributed by atoms with Crippen molar-refractivity contribution < 1.29 is 8.42 Å². The van der Waals surface area contributed by atoms with Gasteiger partial charge in [0.05, 0.1) is 4.75 Å². The van der Waals surface area contributed by atoms with Crippen molar-refractivity contribution in [3.63, 3.8) is 0 Å². The number of sulfone groups is 1. The van der Waals surface area contributed by atoms with Crippen LogP contribution in [0.2, 0.25) is 0 Å². The highest BCUT2D eigenvalue weighted by molar-refractivity contribution is 7.92. The van der Waals surface area contributed by atoms with Gasteiger partial charge in [0.15, 0.2) is 9.84 Å². The van der Waals surface area contributed by atoms with Gasteiger partial charge in [-0.25, -0.2) is 18.1 Å². The topological polar surface area (TPSA) is 76.9 Å². The summed E-state index contributed by atoms with van der Waals surface area (Å²) in [6, 6.07) is -0.201. The maximum atomic E-state index is 12.1. The summed E-state index contributed by atoms with van der Waals surface area (Å²) in [7, 11) is -3.18. The van der Waals surface area contributed by atoms with Gasteiger partial charge in [0.1, 0.15) is 12.2 Å². The van der Waals surface area contributed by atoms with Gasteiger partial charge < -0.3 is 5.32 Å². The molecule has 0 bridgehead atoms. The van der Waals surface area contributed by atoms with E-state index >= 15 is 0 Å². The Morgan fingerprint density at radius 1 is 1.38 bits per heavy atom. The third-order valence-electron chi connectivity index (χ3n) is 3.87. The van der Waals surface area contributed by atoms with Crippen LogP contribution in [0.1, 0.15) is 40.4 Å². The Hall–Kier alpha value is -0.950. The van der Waals surface area contributed by atoms with Crippen molar-refractivity contribution in [3.05, 3.63) is 12.2 Å². The largest absolute Gasteiger partial charge is 0.312 e. The molecule has 0 saturated carbocycles. The van der Waals surface area contributed by atoms with Crippen LogP contribution in [0.15, 0.2) is 6.33 Å². The Morgan fingerprint density at radius 2 is 2.00 bits per heavy atom. The lowest BCUT2D eigenvalue weighted by molar-refractivity contribution is 0.390. The van der Waals surface area contributed by atoms with Gasteiger partial charge in [-0.2, -0.15) is 5.10 Å². The Balaban J connectivity index is 3.02. The minimum atomic E-state index is -3.18. The van der Waals surface area contributed by atoms with Crippen molar-refractivity contribution in [2.75, 3.05) is 12.8 Å². The van der Waals surface area contributed by atoms with Crippen LogP contribution >= 0.6 is 0 Å². The third kappa shape index (κ3) is 4.51. The van der Waals surface area contributed by atoms with Gasteiger partial charge in [-0.15, -0.1) is 0 Å². The van der Waals surface area contributed by atoms with E-state index in [1.165, 1.54) is 12.6 Å². The number of rotatable bonds is 8. The monoisotopic (exact) mass is 316 g/mol. The Morgan fingerprint density at radius 3 is 2.48 bits per heavy atom. The molecule has 1 atom stereocenters. The Bertz CT molecular complexity index is 549. The molecule has 21 heavy (non-hydrogen) atoms. The molecule has 122 valence electrons. The normalized spacial score (nSPS) is 14.6. The predicted molar refractivity (Wildman–Crippen MR) is 85.0 cm³/mol. The first-order valence-electron chi connectivity index (χ1n) is 7.39. The van der Waals surface area contributed by atoms with Crippen molar-refractivity contribution in [3.8, 4) is 0 Å². The van der Waals surface area contributed by atoms with Crippen LogP contribution in [0.3, 0.4) is 0 Å². The summed E-state index contributed by atoms with van der Waals surface area (Å²) >= 11 is 0. The van der Waals surface area contributed by atoms with Gasteiger partial charge >= 0.3 is 0 Å². The maximum Gasteiger partial charge on any atom is 0.154 e. The van der Waals surface area contributed by atoms with Crippen molar-refractivity contribution in [1.29, 1.82) is 0 Å². The molecule has 0 aliphatic carbocycles. The summed E-state index contributed by atoms with van der Waals surface area (Å²) in [5.74, 6) is 1.29. The molecule has 0 saturated heterocycles. The summed E-state index contributed by atoms with van der Waals surface area (Å²) < 4.78 is 25.2. The van der Waals surface area contributed by atoms with Crippen molar-refractivity contribution in [2.45, 2.75) is 58.4 Å². The highest BCUT2D eigenvalue weighted by atomic mass is 32.2. The molecule has 1 aromatic rings. The fourth-order valence-electron chi connectivity index (χ4n) is 2.20. The van der Waals surface area contributed by atoms with Gasteiger partial charge in [-0.1, -0.05) is 20.8 Å². The highest BCUT2D eigenvalue weighted by Gasteiger charge is 2.39. The van der Waals surface area contributed by atoms with E-state index < -0.39 is 14.6 Å². The van der Waals surface area contributed by atoms with Crippen LogP contribution in [0, 0.1) is 5.92 Å². The van der Waals surface area contributed by atoms with Gasteiger partial charge in [0, 0.05) is 25.3 Å². The number of nitrogens with one attached hydrogen (secondary N) is 1. The van der Waals surface area contributed by atoms with Crippen LogP contribution in [0.5, 0.6) is 0 Å². The van der Waals surface area contributed by atoms with E-state index in [2.05, 4.69) is 29.2 Å². The molecule has 6 nitrogen and oxygen atoms in total. The lowest BCUT2D eigenvalue weighted by atomic mass is 9.99. The molecule has 1 N–H and O–H groups in total. The Kier molecular flexibility index (Phi) is 5.92. The molecule has 0 radical (unpaired) electrons. The first-order chi connectivity index (χ1) is 9.59. The molecule has 0 amide bonds. The van der Waals surface area contributed by atoms with Gasteiger partial charge in [0.2, 0.25) is 0 Å². The summed E-state index contributed by atoms with van der Waals surface area (Å²) in [6.07, 6.45) is 3.37. The molecule has 1 heterocycles. The summed E-state index contributed by atoms with van der Waals surface area (Å²) in [5.41, 5.74) is 0. The molecular formula is C14H28N4O2S. The molecule has 1 unspecified atom stereocenters. The predicted octanol–water partition coefficient (Wildman–Crippen LogP) is 1.28. The number of likely N-dealkylation sites (N-methyl/N-ethyl adjacent to an activating group) is 1. The molecular weight excluding hydrogens is 288 g/mol. The molecule has 7 heteroatoms. The zero-order chi connectivity index (χ0) is 16.3. The maximum absolute atomic E-state index is 12.1. The summed E-state index contributed by atoms with van der Waals surface area (Å²) in [4.78, 5) is 4.30. The van der Waals surface area contributed by atoms with Crippen molar-refractivity contribution in [1.82, 2.24) is 20.1 Å². The molecule has 1 rings (SSSR count). The first-order valence-corrected chi connectivity index (χ1v) is 9.28. The van der Waals surface area contributed by atoms with Gasteiger partial charge in [-0.05, 0) is 26.3 Å². The molecule has 0 spiro atoms. The summed E-state index contributed by atoms with van der Waals surface area (Å²) in [6.45, 7) is 11.2. The highest BCUT2D eigenvalue weighted by Crippen LogP contribution is 2.23. The molecule has 0 aliphatic rings. The second-order valence-electron chi connectivity index (χ2n) is 6.44. The second kappa shape index (κ2) is 6.87. The number of nitrogens with zero attached hydrogens (tertiary/aromatic N) is 3. The quantitative estimate of drug-likeness (QED) is 0.782. The van der Waals surface area contributed by atoms with Crippen molar-refractivity contribution >= 4 is 9.84 Å². The van der Waals surface area contributed by atoms with Crippen molar-refractivity contribution in [2.24, 2.45) is 5.92 Å². The second-order valence-corrected chi connectivity index (χ2v) is 9.04. The average molecular weight is 316 g/mol. The zero-order valence-electron chi connectivity index (χ0n) is 13.9. The SMILES string of the molecule is CCNC(Cc1ncnn1CC(C)C)C(C)(C)S(C)(=O)=O. The number of hydrogen-bond donors (Lipinski definition) is 1. The lowest BCUT2D eigenvalue weighted by Crippen LogP contribution is -2.53. The van der Waals surface area contributed by atoms with E-state index in [0.717, 1.165) is 12.4 Å². The average Bonchev–Trinajstić information content (AvgIpc) is 2.73. The van der Waals surface area contributed by atoms with Crippen LogP contribution in [-0.2, 0) is 22.8 Å². The van der Waals surface area contributed by atoms with E-state index in [1.807, 2.05) is 11.6 Å². The minimum Gasteiger partial charge on any atom is -0.312 e. The number of aromatic nitrogens is 3. The van der Waals surface area contributed by atoms with Crippen LogP contribution < -0.4 is 5.32 Å². The van der Waals surface area contributed by atoms with E-state index in [9.17, 15) is 8.42 Å². The van der Waals surface area contributed by atoms with Gasteiger partial charge in [0.25, 0.3) is 0 Å². The smallest absolute Gasteiger partial charge is 0.154 e. The molecule has 1 aromatic heterocycles. The van der Waals surface area contributed by atoms with E-state index in [0.29, 0.717) is 18.9 Å². The lowest BCUT2D eigenvalue weighted by Gasteiger charge is -2.33. The Labute approximate surface area is 128 Å². The third-order valence-corrected chi connectivity index (χ3v) is 6.06. The summed E-state index contributed by atoms with van der Waals surface area (Å²) in [5, 5.41) is 7.53. The van der Waals surface area contributed by atoms with Crippen LogP contribution in [-0.4, -0.2) is 46.8 Å². The van der Waals surface area contributed by atoms with Crippen LogP contribution in [0.25, 0.3) is 0 Å². The fraction of sp³-hybridized carbons (Fsp3) is 0.857. The fourth-order valence-corrected chi connectivity index (χ4v) is 2.88.